The van der Waals surface area contributed by atoms with Crippen LogP contribution in [-0.2, 0) is 59.0 Å². The van der Waals surface area contributed by atoms with E-state index in [1.54, 1.807) is 0 Å². The first-order valence-electron chi connectivity index (χ1n) is 34.2. The van der Waals surface area contributed by atoms with E-state index in [-0.39, 0.29) is 76.1 Å². The number of ether oxygens (including phenoxy) is 6. The van der Waals surface area contributed by atoms with Gasteiger partial charge in [-0.05, 0) is 116 Å². The molecule has 11 bridgehead atoms. The maximum absolute atomic E-state index is 16.2. The highest BCUT2D eigenvalue weighted by molar-refractivity contribution is 6.32. The largest absolute Gasteiger partial charge is 0.508 e. The smallest absolute Gasteiger partial charge is 0.248 e. The summed E-state index contributed by atoms with van der Waals surface area (Å²) < 4.78 is 38.6. The summed E-state index contributed by atoms with van der Waals surface area (Å²) in [5.74, 6) is -14.7. The highest BCUT2D eigenvalue weighted by atomic mass is 35.5. The Labute approximate surface area is 625 Å². The molecule has 1 aromatic heterocycles. The van der Waals surface area contributed by atoms with E-state index in [9.17, 15) is 65.1 Å². The molecule has 5 aromatic carbocycles. The van der Waals surface area contributed by atoms with Crippen molar-refractivity contribution in [2.75, 3.05) is 20.2 Å². The van der Waals surface area contributed by atoms with Crippen LogP contribution in [0.25, 0.3) is 11.1 Å². The molecular weight excluding hydrogens is 1460 g/mol. The maximum atomic E-state index is 16.2. The number of aliphatic hydroxyl groups excluding tert-OH is 6. The van der Waals surface area contributed by atoms with E-state index < -0.39 is 220 Å². The van der Waals surface area contributed by atoms with Crippen molar-refractivity contribution in [2.45, 2.75) is 163 Å². The van der Waals surface area contributed by atoms with Crippen LogP contribution in [0.4, 0.5) is 0 Å². The average Bonchev–Trinajstić information content (AvgIpc) is 0.786. The van der Waals surface area contributed by atoms with Gasteiger partial charge in [-0.25, -0.2) is 4.98 Å². The molecule has 108 heavy (non-hydrogen) atoms. The van der Waals surface area contributed by atoms with E-state index in [4.69, 9.17) is 63.1 Å². The molecule has 0 unspecified atom stereocenters. The normalized spacial score (nSPS) is 28.3. The van der Waals surface area contributed by atoms with Gasteiger partial charge >= 0.3 is 0 Å². The van der Waals surface area contributed by atoms with Gasteiger partial charge in [0.25, 0.3) is 0 Å². The molecule has 22 N–H and O–H groups in total. The summed E-state index contributed by atoms with van der Waals surface area (Å²) in [5, 5.41) is 125. The SMILES string of the molecule is CN[C@H](CC(C)C)C(=O)N[C@H]1C(=O)N[C@@H](CC(N)=O)C(=O)N[C@H]2C(=O)N[C@H]3C(=O)N[C@H](C(=O)N[C@H](C(=O)NCCc4cnc[nH]4)c4cc(O)cc(O)c4-c4cc3ccc4O)[C@H](O)c3ccc(c(Cl)c3)Oc3cc2cc(c3O[C@H]2O[C@@H](CO)[C@H](O)[C@@H](O)[C@@H]2O[C@H]2C[C@](C)(N)[C@H](O)[C@H](C)O2)Oc2ccc(cc2Cl)[C@H]1O. The molecule has 0 saturated carbocycles. The monoisotopic (exact) mass is 1540 g/mol. The van der Waals surface area contributed by atoms with E-state index >= 15 is 19.2 Å². The van der Waals surface area contributed by atoms with E-state index in [1.807, 2.05) is 13.8 Å². The number of phenols is 3. The minimum Gasteiger partial charge on any atom is -0.508 e. The molecule has 8 heterocycles. The molecule has 7 aliphatic rings. The number of aromatic hydroxyl groups is 3. The van der Waals surface area contributed by atoms with E-state index in [0.717, 1.165) is 60.7 Å². The second kappa shape index (κ2) is 32.8. The van der Waals surface area contributed by atoms with Gasteiger partial charge in [0.05, 0.1) is 47.7 Å². The molecule has 0 spiro atoms. The van der Waals surface area contributed by atoms with Gasteiger partial charge in [0.1, 0.15) is 95.5 Å². The Kier molecular flexibility index (Phi) is 24.0. The van der Waals surface area contributed by atoms with Crippen molar-refractivity contribution in [3.8, 4) is 57.1 Å². The van der Waals surface area contributed by atoms with Crippen LogP contribution >= 0.6 is 23.2 Å². The van der Waals surface area contributed by atoms with Gasteiger partial charge in [0.15, 0.2) is 23.9 Å². The Balaban J connectivity index is 1.14. The topological polar surface area (TPSA) is 551 Å². The number of carbonyl (C=O) groups is 8. The molecular formula is C71H82Cl2N12O23. The summed E-state index contributed by atoms with van der Waals surface area (Å²) in [6, 6.07) is 0.298. The van der Waals surface area contributed by atoms with Crippen LogP contribution in [0, 0.1) is 5.92 Å². The van der Waals surface area contributed by atoms with Gasteiger partial charge < -0.3 is 133 Å². The molecule has 0 aliphatic carbocycles. The lowest BCUT2D eigenvalue weighted by molar-refractivity contribution is -0.333. The summed E-state index contributed by atoms with van der Waals surface area (Å²) >= 11 is 14.2. The summed E-state index contributed by atoms with van der Waals surface area (Å²) in [4.78, 5) is 126. The zero-order valence-electron chi connectivity index (χ0n) is 58.4. The second-order valence-corrected chi connectivity index (χ2v) is 28.3. The number of rotatable bonds is 16. The Hall–Kier alpha value is -9.99. The fraction of sp³-hybridized carbons (Fsp3) is 0.423. The van der Waals surface area contributed by atoms with Gasteiger partial charge in [-0.15, -0.1) is 0 Å². The number of phenolic OH excluding ortho intramolecular Hbond substituents is 3. The average molecular weight is 1540 g/mol. The van der Waals surface area contributed by atoms with Crippen LogP contribution in [0.15, 0.2) is 91.4 Å². The van der Waals surface area contributed by atoms with Crippen molar-refractivity contribution in [2.24, 2.45) is 17.4 Å². The number of amides is 8. The number of nitrogens with two attached hydrogens (primary N) is 2. The number of carbonyl (C=O) groups excluding carboxylic acids is 8. The molecule has 13 rings (SSSR count). The number of imidazole rings is 1. The Bertz CT molecular complexity index is 4420. The minimum absolute atomic E-state index is 0.0975. The van der Waals surface area contributed by atoms with Crippen molar-refractivity contribution in [3.05, 3.63) is 135 Å². The van der Waals surface area contributed by atoms with E-state index in [2.05, 4.69) is 52.5 Å². The number of benzene rings is 5. The highest BCUT2D eigenvalue weighted by Crippen LogP contribution is 2.50. The van der Waals surface area contributed by atoms with Crippen LogP contribution < -0.4 is 68.2 Å². The van der Waals surface area contributed by atoms with Crippen LogP contribution in [0.3, 0.4) is 0 Å². The minimum atomic E-state index is -2.34. The Morgan fingerprint density at radius 3 is 1.99 bits per heavy atom. The molecule has 18 atom stereocenters. The zero-order chi connectivity index (χ0) is 78.1. The molecule has 35 nitrogen and oxygen atoms in total. The molecule has 0 radical (unpaired) electrons. The number of primary amides is 1. The number of hydrogen-bond acceptors (Lipinski definition) is 26. The van der Waals surface area contributed by atoms with Gasteiger partial charge in [-0.2, -0.15) is 0 Å². The molecule has 578 valence electrons. The Morgan fingerprint density at radius 1 is 0.741 bits per heavy atom. The number of fused-ring (bicyclic) bond motifs is 15. The van der Waals surface area contributed by atoms with Gasteiger partial charge in [-0.1, -0.05) is 55.2 Å². The van der Waals surface area contributed by atoms with Gasteiger partial charge in [0.2, 0.25) is 59.3 Å². The third kappa shape index (κ3) is 17.1. The van der Waals surface area contributed by atoms with Crippen LogP contribution in [-0.4, -0.2) is 202 Å². The first-order valence-corrected chi connectivity index (χ1v) is 35.0. The number of nitrogens with one attached hydrogen (secondary N) is 9. The first-order chi connectivity index (χ1) is 51.2. The molecule has 8 amide bonds. The quantitative estimate of drug-likeness (QED) is 0.0611. The number of aromatic amines is 1. The summed E-state index contributed by atoms with van der Waals surface area (Å²) in [5.41, 5.74) is 9.14. The number of nitrogens with zero attached hydrogens (tertiary/aromatic N) is 1. The fourth-order valence-electron chi connectivity index (χ4n) is 13.3. The number of hydrogen-bond donors (Lipinski definition) is 20. The predicted octanol–water partition coefficient (Wildman–Crippen LogP) is 0.104. The van der Waals surface area contributed by atoms with E-state index in [0.29, 0.717) is 5.69 Å². The van der Waals surface area contributed by atoms with Crippen molar-refractivity contribution < 1.29 is 113 Å². The van der Waals surface area contributed by atoms with Gasteiger partial charge in [-0.3, -0.25) is 38.4 Å². The number of halogens is 2. The van der Waals surface area contributed by atoms with Crippen LogP contribution in [0.5, 0.6) is 46.0 Å². The fourth-order valence-corrected chi connectivity index (χ4v) is 13.8. The summed E-state index contributed by atoms with van der Waals surface area (Å²) in [6.45, 7) is 5.58. The predicted molar refractivity (Wildman–Crippen MR) is 377 cm³/mol. The van der Waals surface area contributed by atoms with Crippen molar-refractivity contribution in [3.63, 3.8) is 0 Å². The lowest BCUT2D eigenvalue weighted by Gasteiger charge is -2.47. The van der Waals surface area contributed by atoms with Crippen molar-refractivity contribution >= 4 is 70.5 Å². The molecule has 2 fully saturated rings. The maximum Gasteiger partial charge on any atom is 0.248 e. The van der Waals surface area contributed by atoms with Crippen molar-refractivity contribution in [1.29, 1.82) is 0 Å². The molecule has 6 aromatic rings. The standard InChI is InChI=1S/C71H82Cl2N12O23/c1-27(2)14-39(76-5)63(96)84-54-56(91)30-7-10-43(37(72)16-30)104-45-18-32-19-46(60(45)108-70-61(59(94)58(93)47(25-86)106-70)107-49-23-71(4,75)62(95)28(3)103-49)105-44-11-8-31(17-38(44)73)57(92)55-69(102)83-53(65(98)78-13-12-33-24-77-26-79-33)36-20-34(87)21-42(89)50(36)35-15-29(6-9-41(35)88)51(66(99)85-55)82-67(100)52(32)81-64(97)40(22-48(74)90)80-68(54)101/h6-11,15-21,24,26-28,39-40,47,49,51-59,61-62,70,76,86-89,91-95H,12-14,22-23,25,75H2,1-5H3,(H2,74,90)(H,77,79)(H,78,98)(H,80,101)(H,81,97)(H,82,100)(H,83,102)(H,84,96)(H,85,99)/t28-,39+,40-,47-,49-,51+,52+,53-,54+,55-,56+,57+,58-,59+,61-,62+,70+,71-/m0/s1. The van der Waals surface area contributed by atoms with Gasteiger partial charge in [0, 0.05) is 54.0 Å². The van der Waals surface area contributed by atoms with E-state index in [1.165, 1.54) is 51.6 Å². The molecule has 2 saturated heterocycles. The third-order valence-electron chi connectivity index (χ3n) is 19.0. The molecule has 37 heteroatoms. The highest BCUT2D eigenvalue weighted by Gasteiger charge is 2.52. The number of aliphatic hydroxyl groups is 6. The van der Waals surface area contributed by atoms with Crippen LogP contribution in [0.1, 0.15) is 111 Å². The molecule has 7 aliphatic heterocycles. The summed E-state index contributed by atoms with van der Waals surface area (Å²) in [6.07, 6.45) is -15.4. The Morgan fingerprint density at radius 2 is 1.38 bits per heavy atom. The second-order valence-electron chi connectivity index (χ2n) is 27.5. The number of likely N-dealkylation sites (N-methyl/N-ethyl adjacent to an activating group) is 1. The first kappa shape index (κ1) is 79.1. The lowest BCUT2D eigenvalue weighted by atomic mass is 9.86. The number of H-pyrrole nitrogens is 1. The summed E-state index contributed by atoms with van der Waals surface area (Å²) in [7, 11) is 1.48. The van der Waals surface area contributed by atoms with Crippen LogP contribution in [0.2, 0.25) is 10.0 Å². The number of aromatic nitrogens is 2. The lowest BCUT2D eigenvalue weighted by Crippen LogP contribution is -2.64. The third-order valence-corrected chi connectivity index (χ3v) is 19.6. The zero-order valence-corrected chi connectivity index (χ0v) is 59.9. The van der Waals surface area contributed by atoms with Crippen molar-refractivity contribution in [1.82, 2.24) is 52.5 Å².